The van der Waals surface area contributed by atoms with Crippen LogP contribution in [0, 0.1) is 0 Å². The highest BCUT2D eigenvalue weighted by Gasteiger charge is 2.07. The molecule has 0 bridgehead atoms. The second-order valence-electron chi connectivity index (χ2n) is 5.60. The van der Waals surface area contributed by atoms with E-state index in [0.29, 0.717) is 40.6 Å². The molecule has 2 rings (SSSR count). The van der Waals surface area contributed by atoms with E-state index < -0.39 is 5.97 Å². The lowest BCUT2D eigenvalue weighted by atomic mass is 10.2. The van der Waals surface area contributed by atoms with Crippen molar-refractivity contribution < 1.29 is 19.1 Å². The van der Waals surface area contributed by atoms with Crippen molar-refractivity contribution in [2.75, 3.05) is 18.5 Å². The SMILES string of the molecule is C=C(C)C(=O)OCCCOc1ccc(C(=O)Nc2ccc(Cl)cc2)cc1. The largest absolute Gasteiger partial charge is 0.493 e. The Morgan fingerprint density at radius 1 is 1.04 bits per heavy atom. The van der Waals surface area contributed by atoms with Crippen LogP contribution in [0.25, 0.3) is 0 Å². The van der Waals surface area contributed by atoms with Gasteiger partial charge in [0, 0.05) is 28.3 Å². The van der Waals surface area contributed by atoms with Gasteiger partial charge in [-0.1, -0.05) is 18.2 Å². The maximum Gasteiger partial charge on any atom is 0.333 e. The van der Waals surface area contributed by atoms with Crippen LogP contribution in [0.3, 0.4) is 0 Å². The number of halogens is 1. The summed E-state index contributed by atoms with van der Waals surface area (Å²) in [7, 11) is 0. The lowest BCUT2D eigenvalue weighted by Crippen LogP contribution is -2.12. The summed E-state index contributed by atoms with van der Waals surface area (Å²) < 4.78 is 10.5. The molecule has 0 saturated carbocycles. The van der Waals surface area contributed by atoms with E-state index in [1.165, 1.54) is 0 Å². The summed E-state index contributed by atoms with van der Waals surface area (Å²) >= 11 is 5.82. The van der Waals surface area contributed by atoms with Gasteiger partial charge in [-0.3, -0.25) is 4.79 Å². The molecule has 2 aromatic carbocycles. The maximum atomic E-state index is 12.2. The Balaban J connectivity index is 1.76. The zero-order chi connectivity index (χ0) is 18.9. The number of carbonyl (C=O) groups is 2. The molecule has 0 saturated heterocycles. The fraction of sp³-hybridized carbons (Fsp3) is 0.200. The first-order chi connectivity index (χ1) is 12.5. The van der Waals surface area contributed by atoms with Gasteiger partial charge in [0.2, 0.25) is 0 Å². The van der Waals surface area contributed by atoms with Crippen LogP contribution in [0.5, 0.6) is 5.75 Å². The van der Waals surface area contributed by atoms with Crippen LogP contribution < -0.4 is 10.1 Å². The van der Waals surface area contributed by atoms with Crippen LogP contribution in [-0.4, -0.2) is 25.1 Å². The van der Waals surface area contributed by atoms with Gasteiger partial charge in [0.25, 0.3) is 5.91 Å². The summed E-state index contributed by atoms with van der Waals surface area (Å²) in [5, 5.41) is 3.40. The number of anilines is 1. The number of hydrogen-bond donors (Lipinski definition) is 1. The van der Waals surface area contributed by atoms with E-state index in [1.807, 2.05) is 0 Å². The number of esters is 1. The van der Waals surface area contributed by atoms with Gasteiger partial charge in [-0.25, -0.2) is 4.79 Å². The molecule has 0 aromatic heterocycles. The molecule has 5 nitrogen and oxygen atoms in total. The van der Waals surface area contributed by atoms with Crippen molar-refractivity contribution in [1.82, 2.24) is 0 Å². The molecule has 26 heavy (non-hydrogen) atoms. The maximum absolute atomic E-state index is 12.2. The fourth-order valence-corrected chi connectivity index (χ4v) is 2.10. The molecule has 0 aliphatic carbocycles. The van der Waals surface area contributed by atoms with Crippen molar-refractivity contribution in [2.24, 2.45) is 0 Å². The summed E-state index contributed by atoms with van der Waals surface area (Å²) in [5.41, 5.74) is 1.56. The van der Waals surface area contributed by atoms with Crippen molar-refractivity contribution in [3.05, 3.63) is 71.3 Å². The average molecular weight is 374 g/mol. The van der Waals surface area contributed by atoms with Gasteiger partial charge in [0.1, 0.15) is 5.75 Å². The van der Waals surface area contributed by atoms with Crippen LogP contribution in [0.2, 0.25) is 5.02 Å². The van der Waals surface area contributed by atoms with Crippen molar-refractivity contribution in [2.45, 2.75) is 13.3 Å². The lowest BCUT2D eigenvalue weighted by molar-refractivity contribution is -0.139. The normalized spacial score (nSPS) is 10.1. The molecule has 0 spiro atoms. The summed E-state index contributed by atoms with van der Waals surface area (Å²) in [6.45, 7) is 5.78. The molecule has 0 radical (unpaired) electrons. The monoisotopic (exact) mass is 373 g/mol. The van der Waals surface area contributed by atoms with E-state index >= 15 is 0 Å². The van der Waals surface area contributed by atoms with Crippen LogP contribution >= 0.6 is 11.6 Å². The molecule has 0 unspecified atom stereocenters. The first-order valence-electron chi connectivity index (χ1n) is 8.08. The zero-order valence-corrected chi connectivity index (χ0v) is 15.2. The standard InChI is InChI=1S/C20H20ClNO4/c1-14(2)20(24)26-13-3-12-25-18-10-4-15(5-11-18)19(23)22-17-8-6-16(21)7-9-17/h4-11H,1,3,12-13H2,2H3,(H,22,23). The Labute approximate surface area is 157 Å². The highest BCUT2D eigenvalue weighted by atomic mass is 35.5. The highest BCUT2D eigenvalue weighted by molar-refractivity contribution is 6.30. The quantitative estimate of drug-likeness (QED) is 0.421. The fourth-order valence-electron chi connectivity index (χ4n) is 1.98. The molecule has 0 aliphatic rings. The van der Waals surface area contributed by atoms with Gasteiger partial charge in [-0.2, -0.15) is 0 Å². The molecular weight excluding hydrogens is 354 g/mol. The first-order valence-corrected chi connectivity index (χ1v) is 8.46. The van der Waals surface area contributed by atoms with Gasteiger partial charge < -0.3 is 14.8 Å². The number of hydrogen-bond acceptors (Lipinski definition) is 4. The smallest absolute Gasteiger partial charge is 0.333 e. The van der Waals surface area contributed by atoms with Crippen LogP contribution in [0.1, 0.15) is 23.7 Å². The van der Waals surface area contributed by atoms with E-state index in [2.05, 4.69) is 11.9 Å². The van der Waals surface area contributed by atoms with Crippen LogP contribution in [0.15, 0.2) is 60.7 Å². The van der Waals surface area contributed by atoms with E-state index in [4.69, 9.17) is 21.1 Å². The molecule has 1 amide bonds. The van der Waals surface area contributed by atoms with Crippen LogP contribution in [0.4, 0.5) is 5.69 Å². The minimum atomic E-state index is -0.402. The number of benzene rings is 2. The predicted molar refractivity (Wildman–Crippen MR) is 102 cm³/mol. The molecule has 136 valence electrons. The second kappa shape index (κ2) is 9.63. The number of nitrogens with one attached hydrogen (secondary N) is 1. The summed E-state index contributed by atoms with van der Waals surface area (Å²) in [4.78, 5) is 23.4. The molecule has 2 aromatic rings. The second-order valence-corrected chi connectivity index (χ2v) is 6.04. The molecule has 0 aliphatic heterocycles. The van der Waals surface area contributed by atoms with E-state index in [1.54, 1.807) is 55.5 Å². The Hall–Kier alpha value is -2.79. The third-order valence-corrected chi connectivity index (χ3v) is 3.61. The minimum absolute atomic E-state index is 0.217. The highest BCUT2D eigenvalue weighted by Crippen LogP contribution is 2.16. The Kier molecular flexibility index (Phi) is 7.24. The molecule has 1 N–H and O–H groups in total. The van der Waals surface area contributed by atoms with Crippen molar-refractivity contribution in [1.29, 1.82) is 0 Å². The summed E-state index contributed by atoms with van der Waals surface area (Å²) in [6.07, 6.45) is 0.567. The summed E-state index contributed by atoms with van der Waals surface area (Å²) in [5.74, 6) is 0.0194. The first kappa shape index (κ1) is 19.5. The van der Waals surface area contributed by atoms with Crippen molar-refractivity contribution in [3.63, 3.8) is 0 Å². The van der Waals surface area contributed by atoms with Gasteiger partial charge in [-0.05, 0) is 55.5 Å². The van der Waals surface area contributed by atoms with Gasteiger partial charge in [0.15, 0.2) is 0 Å². The number of rotatable bonds is 8. The van der Waals surface area contributed by atoms with E-state index in [9.17, 15) is 9.59 Å². The molecular formula is C20H20ClNO4. The number of ether oxygens (including phenoxy) is 2. The molecule has 0 fully saturated rings. The topological polar surface area (TPSA) is 64.6 Å². The Morgan fingerprint density at radius 2 is 1.69 bits per heavy atom. The minimum Gasteiger partial charge on any atom is -0.493 e. The Morgan fingerprint density at radius 3 is 2.31 bits per heavy atom. The molecule has 0 atom stereocenters. The van der Waals surface area contributed by atoms with Gasteiger partial charge in [-0.15, -0.1) is 0 Å². The Bertz CT molecular complexity index is 769. The average Bonchev–Trinajstić information content (AvgIpc) is 2.63. The van der Waals surface area contributed by atoms with Gasteiger partial charge in [0.05, 0.1) is 13.2 Å². The van der Waals surface area contributed by atoms with Crippen LogP contribution in [-0.2, 0) is 9.53 Å². The van der Waals surface area contributed by atoms with Crippen molar-refractivity contribution in [3.8, 4) is 5.75 Å². The predicted octanol–water partition coefficient (Wildman–Crippen LogP) is 4.48. The van der Waals surface area contributed by atoms with Crippen molar-refractivity contribution >= 4 is 29.2 Å². The number of amides is 1. The molecule has 6 heteroatoms. The summed E-state index contributed by atoms with van der Waals surface area (Å²) in [6, 6.07) is 13.7. The zero-order valence-electron chi connectivity index (χ0n) is 14.5. The third kappa shape index (κ3) is 6.26. The van der Waals surface area contributed by atoms with Gasteiger partial charge >= 0.3 is 5.97 Å². The number of carbonyl (C=O) groups excluding carboxylic acids is 2. The third-order valence-electron chi connectivity index (χ3n) is 3.36. The van der Waals surface area contributed by atoms with E-state index in [0.717, 1.165) is 0 Å². The van der Waals surface area contributed by atoms with E-state index in [-0.39, 0.29) is 12.5 Å². The lowest BCUT2D eigenvalue weighted by Gasteiger charge is -2.08. The molecule has 0 heterocycles.